The zero-order chi connectivity index (χ0) is 13.3. The van der Waals surface area contributed by atoms with E-state index in [0.29, 0.717) is 11.6 Å². The second-order valence-electron chi connectivity index (χ2n) is 4.80. The van der Waals surface area contributed by atoms with E-state index < -0.39 is 9.84 Å². The lowest BCUT2D eigenvalue weighted by molar-refractivity contribution is -0.117. The van der Waals surface area contributed by atoms with Crippen molar-refractivity contribution in [2.45, 2.75) is 37.5 Å². The number of hydrogen-bond acceptors (Lipinski definition) is 4. The summed E-state index contributed by atoms with van der Waals surface area (Å²) < 4.78 is 23.0. The van der Waals surface area contributed by atoms with Gasteiger partial charge in [0.15, 0.2) is 15.0 Å². The quantitative estimate of drug-likeness (QED) is 0.772. The number of fused-ring (bicyclic) bond motifs is 1. The smallest absolute Gasteiger partial charge is 0.248 e. The lowest BCUT2D eigenvalue weighted by atomic mass is 10.2. The third-order valence-electron chi connectivity index (χ3n) is 3.29. The van der Waals surface area contributed by atoms with E-state index in [9.17, 15) is 13.2 Å². The van der Waals surface area contributed by atoms with E-state index in [-0.39, 0.29) is 28.7 Å². The summed E-state index contributed by atoms with van der Waals surface area (Å²) in [7, 11) is -1.08. The van der Waals surface area contributed by atoms with Gasteiger partial charge in [-0.2, -0.15) is 4.99 Å². The van der Waals surface area contributed by atoms with Crippen LogP contribution in [0.25, 0.3) is 0 Å². The molecule has 102 valence electrons. The Labute approximate surface area is 112 Å². The van der Waals surface area contributed by atoms with Crippen LogP contribution in [0.5, 0.6) is 0 Å². The van der Waals surface area contributed by atoms with Gasteiger partial charge >= 0.3 is 0 Å². The van der Waals surface area contributed by atoms with E-state index in [1.165, 1.54) is 11.8 Å². The molecule has 0 saturated carbocycles. The van der Waals surface area contributed by atoms with Crippen LogP contribution >= 0.6 is 11.8 Å². The van der Waals surface area contributed by atoms with Gasteiger partial charge in [0.25, 0.3) is 0 Å². The van der Waals surface area contributed by atoms with Crippen molar-refractivity contribution in [2.24, 2.45) is 4.99 Å². The number of carbonyl (C=O) groups is 1. The monoisotopic (exact) mass is 290 g/mol. The highest BCUT2D eigenvalue weighted by atomic mass is 32.2. The SMILES string of the molecule is CCCCC(=O)N=C1S[C@H]2CS(=O)(=O)C[C@@H]2N1C. The van der Waals surface area contributed by atoms with Crippen molar-refractivity contribution in [3.05, 3.63) is 0 Å². The number of aliphatic imine (C=N–C) groups is 1. The van der Waals surface area contributed by atoms with Crippen molar-refractivity contribution >= 4 is 32.7 Å². The fourth-order valence-corrected chi connectivity index (χ4v) is 6.24. The molecule has 2 aliphatic heterocycles. The van der Waals surface area contributed by atoms with E-state index in [4.69, 9.17) is 0 Å². The zero-order valence-electron chi connectivity index (χ0n) is 10.6. The topological polar surface area (TPSA) is 66.8 Å². The molecule has 2 aliphatic rings. The normalized spacial score (nSPS) is 31.9. The number of unbranched alkanes of at least 4 members (excludes halogenated alkanes) is 1. The number of carbonyl (C=O) groups excluding carboxylic acids is 1. The number of hydrogen-bond donors (Lipinski definition) is 0. The van der Waals surface area contributed by atoms with Gasteiger partial charge in [-0.3, -0.25) is 4.79 Å². The first-order valence-corrected chi connectivity index (χ1v) is 8.84. The van der Waals surface area contributed by atoms with Crippen LogP contribution in [0, 0.1) is 0 Å². The maximum Gasteiger partial charge on any atom is 0.248 e. The van der Waals surface area contributed by atoms with E-state index in [1.807, 2.05) is 18.9 Å². The van der Waals surface area contributed by atoms with Gasteiger partial charge in [-0.25, -0.2) is 8.42 Å². The van der Waals surface area contributed by atoms with Crippen LogP contribution in [0.3, 0.4) is 0 Å². The molecular formula is C11H18N2O3S2. The van der Waals surface area contributed by atoms with Crippen molar-refractivity contribution in [3.8, 4) is 0 Å². The molecule has 7 heteroatoms. The summed E-state index contributed by atoms with van der Waals surface area (Å²) in [5, 5.41) is 0.721. The Hall–Kier alpha value is -0.560. The summed E-state index contributed by atoms with van der Waals surface area (Å²) in [6.07, 6.45) is 2.30. The molecule has 0 bridgehead atoms. The van der Waals surface area contributed by atoms with Gasteiger partial charge in [-0.05, 0) is 6.42 Å². The third-order valence-corrected chi connectivity index (χ3v) is 6.59. The molecule has 18 heavy (non-hydrogen) atoms. The minimum absolute atomic E-state index is 0.0160. The van der Waals surface area contributed by atoms with Crippen LogP contribution in [-0.2, 0) is 14.6 Å². The molecule has 0 spiro atoms. The summed E-state index contributed by atoms with van der Waals surface area (Å²) >= 11 is 1.43. The Balaban J connectivity index is 2.03. The third kappa shape index (κ3) is 2.88. The number of thioether (sulfide) groups is 1. The largest absolute Gasteiger partial charge is 0.349 e. The summed E-state index contributed by atoms with van der Waals surface area (Å²) in [4.78, 5) is 17.6. The van der Waals surface area contributed by atoms with Gasteiger partial charge in [-0.1, -0.05) is 25.1 Å². The Kier molecular flexibility index (Phi) is 4.01. The van der Waals surface area contributed by atoms with Gasteiger partial charge in [0.2, 0.25) is 5.91 Å². The molecule has 0 aromatic carbocycles. The molecule has 2 atom stereocenters. The van der Waals surface area contributed by atoms with Gasteiger partial charge < -0.3 is 4.90 Å². The molecule has 5 nitrogen and oxygen atoms in total. The van der Waals surface area contributed by atoms with Gasteiger partial charge in [-0.15, -0.1) is 0 Å². The summed E-state index contributed by atoms with van der Waals surface area (Å²) in [6, 6.07) is -0.0160. The first-order valence-electron chi connectivity index (χ1n) is 6.14. The second-order valence-corrected chi connectivity index (χ2v) is 8.16. The highest BCUT2D eigenvalue weighted by Crippen LogP contribution is 2.36. The van der Waals surface area contributed by atoms with Gasteiger partial charge in [0.05, 0.1) is 17.5 Å². The Morgan fingerprint density at radius 3 is 2.83 bits per heavy atom. The van der Waals surface area contributed by atoms with Crippen LogP contribution < -0.4 is 0 Å². The molecule has 1 amide bonds. The van der Waals surface area contributed by atoms with Crippen molar-refractivity contribution in [3.63, 3.8) is 0 Å². The molecule has 0 radical (unpaired) electrons. The second kappa shape index (κ2) is 5.21. The fourth-order valence-electron chi connectivity index (χ4n) is 2.23. The molecule has 2 rings (SSSR count). The summed E-state index contributed by atoms with van der Waals surface area (Å²) in [5.41, 5.74) is 0. The standard InChI is InChI=1S/C11H18N2O3S2/c1-3-4-5-10(14)12-11-13(2)8-6-18(15,16)7-9(8)17-11/h8-9H,3-7H2,1-2H3/t8-,9-/m0/s1. The number of sulfone groups is 1. The molecule has 2 saturated heterocycles. The van der Waals surface area contributed by atoms with Crippen molar-refractivity contribution in [1.82, 2.24) is 4.90 Å². The molecule has 0 N–H and O–H groups in total. The fraction of sp³-hybridized carbons (Fsp3) is 0.818. The van der Waals surface area contributed by atoms with E-state index >= 15 is 0 Å². The minimum Gasteiger partial charge on any atom is -0.349 e. The Morgan fingerprint density at radius 1 is 1.50 bits per heavy atom. The predicted octanol–water partition coefficient (Wildman–Crippen LogP) is 0.903. The molecule has 2 heterocycles. The van der Waals surface area contributed by atoms with Crippen LogP contribution in [0.1, 0.15) is 26.2 Å². The van der Waals surface area contributed by atoms with Crippen LogP contribution in [0.15, 0.2) is 4.99 Å². The molecule has 0 aliphatic carbocycles. The number of rotatable bonds is 3. The van der Waals surface area contributed by atoms with Gasteiger partial charge in [0, 0.05) is 18.7 Å². The lowest BCUT2D eigenvalue weighted by Crippen LogP contribution is -2.34. The minimum atomic E-state index is -2.91. The maximum absolute atomic E-state index is 11.6. The lowest BCUT2D eigenvalue weighted by Gasteiger charge is -2.17. The van der Waals surface area contributed by atoms with Crippen LogP contribution in [0.2, 0.25) is 0 Å². The summed E-state index contributed by atoms with van der Waals surface area (Å²) in [6.45, 7) is 2.03. The highest BCUT2D eigenvalue weighted by Gasteiger charge is 2.47. The van der Waals surface area contributed by atoms with E-state index in [2.05, 4.69) is 4.99 Å². The van der Waals surface area contributed by atoms with E-state index in [1.54, 1.807) is 0 Å². The summed E-state index contributed by atoms with van der Waals surface area (Å²) in [5.74, 6) is 0.284. The van der Waals surface area contributed by atoms with Gasteiger partial charge in [0.1, 0.15) is 0 Å². The number of amides is 1. The Bertz CT molecular complexity index is 473. The molecular weight excluding hydrogens is 272 g/mol. The highest BCUT2D eigenvalue weighted by molar-refractivity contribution is 8.15. The van der Waals surface area contributed by atoms with Crippen molar-refractivity contribution in [2.75, 3.05) is 18.6 Å². The molecule has 0 aromatic rings. The first kappa shape index (κ1) is 13.9. The van der Waals surface area contributed by atoms with Crippen molar-refractivity contribution in [1.29, 1.82) is 0 Å². The van der Waals surface area contributed by atoms with Crippen LogP contribution in [0.4, 0.5) is 0 Å². The zero-order valence-corrected chi connectivity index (χ0v) is 12.3. The van der Waals surface area contributed by atoms with E-state index in [0.717, 1.165) is 12.8 Å². The average molecular weight is 290 g/mol. The van der Waals surface area contributed by atoms with Crippen molar-refractivity contribution < 1.29 is 13.2 Å². The molecule has 0 unspecified atom stereocenters. The number of amidine groups is 1. The molecule has 0 aromatic heterocycles. The first-order chi connectivity index (χ1) is 8.43. The van der Waals surface area contributed by atoms with Crippen LogP contribution in [-0.4, -0.2) is 54.2 Å². The molecule has 2 fully saturated rings. The number of nitrogens with zero attached hydrogens (tertiary/aromatic N) is 2. The Morgan fingerprint density at radius 2 is 2.22 bits per heavy atom. The maximum atomic E-state index is 11.6. The average Bonchev–Trinajstić information content (AvgIpc) is 2.71. The predicted molar refractivity (Wildman–Crippen MR) is 73.6 cm³/mol.